The standard InChI is InChI=1S/C16H21ClN4S2.HI/c1-12-20-14(11-23-12)10-21(3)16(18-2)19-8-9-22-15-6-4-13(17)5-7-15;/h4-7,11H,8-10H2,1-3H3,(H,18,19);1H. The number of aliphatic imine (C=N–C) groups is 1. The number of aryl methyl sites for hydroxylation is 1. The summed E-state index contributed by atoms with van der Waals surface area (Å²) >= 11 is 9.36. The Morgan fingerprint density at radius 1 is 1.38 bits per heavy atom. The monoisotopic (exact) mass is 496 g/mol. The van der Waals surface area contributed by atoms with E-state index in [9.17, 15) is 0 Å². The van der Waals surface area contributed by atoms with E-state index in [0.29, 0.717) is 0 Å². The first kappa shape index (κ1) is 21.5. The van der Waals surface area contributed by atoms with E-state index in [4.69, 9.17) is 11.6 Å². The highest BCUT2D eigenvalue weighted by Crippen LogP contribution is 2.19. The number of benzene rings is 1. The van der Waals surface area contributed by atoms with Crippen molar-refractivity contribution in [3.63, 3.8) is 0 Å². The van der Waals surface area contributed by atoms with Crippen LogP contribution in [0.1, 0.15) is 10.7 Å². The van der Waals surface area contributed by atoms with Crippen LogP contribution < -0.4 is 5.32 Å². The number of thiazole rings is 1. The van der Waals surface area contributed by atoms with Crippen LogP contribution >= 0.6 is 58.7 Å². The van der Waals surface area contributed by atoms with Crippen LogP contribution in [0.4, 0.5) is 0 Å². The molecule has 0 unspecified atom stereocenters. The number of hydrogen-bond donors (Lipinski definition) is 1. The van der Waals surface area contributed by atoms with Gasteiger partial charge in [0.1, 0.15) is 0 Å². The first-order chi connectivity index (χ1) is 11.1. The average Bonchev–Trinajstić information content (AvgIpc) is 2.94. The Labute approximate surface area is 174 Å². The van der Waals surface area contributed by atoms with Crippen LogP contribution in [0.15, 0.2) is 39.5 Å². The van der Waals surface area contributed by atoms with Gasteiger partial charge >= 0.3 is 0 Å². The van der Waals surface area contributed by atoms with Crippen LogP contribution in [0.25, 0.3) is 0 Å². The first-order valence-electron chi connectivity index (χ1n) is 7.29. The van der Waals surface area contributed by atoms with Crippen LogP contribution in [-0.4, -0.2) is 42.2 Å². The molecule has 0 saturated heterocycles. The Morgan fingerprint density at radius 2 is 2.08 bits per heavy atom. The molecule has 1 N–H and O–H groups in total. The fourth-order valence-corrected chi connectivity index (χ4v) is 3.54. The molecule has 0 spiro atoms. The summed E-state index contributed by atoms with van der Waals surface area (Å²) in [6.45, 7) is 3.63. The van der Waals surface area contributed by atoms with Crippen molar-refractivity contribution in [3.05, 3.63) is 45.4 Å². The molecule has 8 heteroatoms. The first-order valence-corrected chi connectivity index (χ1v) is 9.54. The summed E-state index contributed by atoms with van der Waals surface area (Å²) in [6, 6.07) is 7.91. The lowest BCUT2D eigenvalue weighted by atomic mass is 10.4. The zero-order chi connectivity index (χ0) is 16.7. The van der Waals surface area contributed by atoms with Crippen LogP contribution in [0, 0.1) is 6.92 Å². The molecule has 2 rings (SSSR count). The largest absolute Gasteiger partial charge is 0.355 e. The summed E-state index contributed by atoms with van der Waals surface area (Å²) in [5.74, 6) is 1.84. The number of aromatic nitrogens is 1. The Hall–Kier alpha value is -0.510. The molecule has 0 bridgehead atoms. The molecule has 0 radical (unpaired) electrons. The van der Waals surface area contributed by atoms with E-state index < -0.39 is 0 Å². The molecule has 0 fully saturated rings. The molecule has 0 aliphatic carbocycles. The summed E-state index contributed by atoms with van der Waals surface area (Å²) in [7, 11) is 3.83. The van der Waals surface area contributed by atoms with Gasteiger partial charge in [-0.1, -0.05) is 11.6 Å². The zero-order valence-electron chi connectivity index (χ0n) is 14.0. The summed E-state index contributed by atoms with van der Waals surface area (Å²) in [6.07, 6.45) is 0. The summed E-state index contributed by atoms with van der Waals surface area (Å²) in [5.41, 5.74) is 1.08. The highest BCUT2D eigenvalue weighted by molar-refractivity contribution is 14.0. The maximum atomic E-state index is 5.89. The van der Waals surface area contributed by atoms with Gasteiger partial charge in [0.15, 0.2) is 5.96 Å². The number of thioether (sulfide) groups is 1. The van der Waals surface area contributed by atoms with Crippen molar-refractivity contribution in [3.8, 4) is 0 Å². The summed E-state index contributed by atoms with van der Waals surface area (Å²) < 4.78 is 0. The molecule has 1 heterocycles. The quantitative estimate of drug-likeness (QED) is 0.210. The van der Waals surface area contributed by atoms with Crippen molar-refractivity contribution in [2.75, 3.05) is 26.4 Å². The maximum absolute atomic E-state index is 5.89. The Morgan fingerprint density at radius 3 is 2.67 bits per heavy atom. The molecular weight excluding hydrogens is 475 g/mol. The minimum Gasteiger partial charge on any atom is -0.355 e. The fraction of sp³-hybridized carbons (Fsp3) is 0.375. The van der Waals surface area contributed by atoms with E-state index >= 15 is 0 Å². The second-order valence-corrected chi connectivity index (χ2v) is 7.66. The minimum absolute atomic E-state index is 0. The fourth-order valence-electron chi connectivity index (χ4n) is 2.05. The van der Waals surface area contributed by atoms with E-state index in [1.54, 1.807) is 30.1 Å². The molecule has 0 aliphatic rings. The molecule has 0 saturated carbocycles. The van der Waals surface area contributed by atoms with Crippen LogP contribution in [0.3, 0.4) is 0 Å². The van der Waals surface area contributed by atoms with Crippen molar-refractivity contribution in [2.24, 2.45) is 4.99 Å². The number of rotatable bonds is 6. The Balaban J connectivity index is 0.00000288. The lowest BCUT2D eigenvalue weighted by molar-refractivity contribution is 0.473. The van der Waals surface area contributed by atoms with Crippen LogP contribution in [-0.2, 0) is 6.54 Å². The maximum Gasteiger partial charge on any atom is 0.193 e. The molecule has 0 amide bonds. The van der Waals surface area contributed by atoms with Gasteiger partial charge < -0.3 is 10.2 Å². The van der Waals surface area contributed by atoms with E-state index in [-0.39, 0.29) is 24.0 Å². The Bertz CT molecular complexity index is 646. The minimum atomic E-state index is 0. The van der Waals surface area contributed by atoms with Gasteiger partial charge in [-0.05, 0) is 31.2 Å². The van der Waals surface area contributed by atoms with Crippen molar-refractivity contribution in [1.82, 2.24) is 15.2 Å². The molecule has 1 aromatic carbocycles. The Kier molecular flexibility index (Phi) is 10.0. The van der Waals surface area contributed by atoms with E-state index in [2.05, 4.69) is 25.6 Å². The van der Waals surface area contributed by atoms with Gasteiger partial charge in [-0.3, -0.25) is 4.99 Å². The van der Waals surface area contributed by atoms with Crippen molar-refractivity contribution < 1.29 is 0 Å². The predicted octanol–water partition coefficient (Wildman–Crippen LogP) is 4.52. The van der Waals surface area contributed by atoms with E-state index in [0.717, 1.165) is 40.5 Å². The van der Waals surface area contributed by atoms with Gasteiger partial charge in [0, 0.05) is 41.7 Å². The molecule has 2 aromatic rings. The number of hydrogen-bond acceptors (Lipinski definition) is 4. The van der Waals surface area contributed by atoms with Gasteiger partial charge in [-0.15, -0.1) is 47.1 Å². The van der Waals surface area contributed by atoms with Gasteiger partial charge in [-0.2, -0.15) is 0 Å². The lowest BCUT2D eigenvalue weighted by Gasteiger charge is -2.21. The van der Waals surface area contributed by atoms with Crippen LogP contribution in [0.2, 0.25) is 5.02 Å². The lowest BCUT2D eigenvalue weighted by Crippen LogP contribution is -2.39. The van der Waals surface area contributed by atoms with Gasteiger partial charge in [0.05, 0.1) is 17.2 Å². The smallest absolute Gasteiger partial charge is 0.193 e. The average molecular weight is 497 g/mol. The second-order valence-electron chi connectivity index (χ2n) is 4.99. The highest BCUT2D eigenvalue weighted by Gasteiger charge is 2.08. The zero-order valence-corrected chi connectivity index (χ0v) is 18.7. The topological polar surface area (TPSA) is 40.5 Å². The third-order valence-corrected chi connectivity index (χ3v) is 5.19. The molecule has 0 aliphatic heterocycles. The van der Waals surface area contributed by atoms with E-state index in [1.807, 2.05) is 38.2 Å². The summed E-state index contributed by atoms with van der Waals surface area (Å²) in [5, 5.41) is 7.34. The van der Waals surface area contributed by atoms with E-state index in [1.165, 1.54) is 4.90 Å². The number of halogens is 2. The van der Waals surface area contributed by atoms with Crippen LogP contribution in [0.5, 0.6) is 0 Å². The number of nitrogens with one attached hydrogen (secondary N) is 1. The van der Waals surface area contributed by atoms with Gasteiger partial charge in [-0.25, -0.2) is 4.98 Å². The normalized spacial score (nSPS) is 11.1. The predicted molar refractivity (Wildman–Crippen MR) is 117 cm³/mol. The summed E-state index contributed by atoms with van der Waals surface area (Å²) in [4.78, 5) is 12.1. The van der Waals surface area contributed by atoms with Crippen molar-refractivity contribution in [2.45, 2.75) is 18.4 Å². The third kappa shape index (κ3) is 7.16. The molecule has 0 atom stereocenters. The molecular formula is C16H22ClIN4S2. The van der Waals surface area contributed by atoms with Crippen molar-refractivity contribution in [1.29, 1.82) is 0 Å². The SMILES string of the molecule is CN=C(NCCSc1ccc(Cl)cc1)N(C)Cc1csc(C)n1.I. The molecule has 4 nitrogen and oxygen atoms in total. The number of nitrogens with zero attached hydrogens (tertiary/aromatic N) is 3. The molecule has 132 valence electrons. The molecule has 24 heavy (non-hydrogen) atoms. The number of guanidine groups is 1. The van der Waals surface area contributed by atoms with Gasteiger partial charge in [0.25, 0.3) is 0 Å². The second kappa shape index (κ2) is 11.2. The van der Waals surface area contributed by atoms with Gasteiger partial charge in [0.2, 0.25) is 0 Å². The van der Waals surface area contributed by atoms with Crippen molar-refractivity contribution >= 4 is 64.6 Å². The third-order valence-electron chi connectivity index (χ3n) is 3.11. The highest BCUT2D eigenvalue weighted by atomic mass is 127. The molecule has 1 aromatic heterocycles.